The first-order valence-electron chi connectivity index (χ1n) is 9.73. The van der Waals surface area contributed by atoms with E-state index in [1.807, 2.05) is 39.8 Å². The van der Waals surface area contributed by atoms with Crippen LogP contribution in [0.15, 0.2) is 23.0 Å². The molecule has 2 aromatic rings. The fourth-order valence-corrected chi connectivity index (χ4v) is 2.91. The Bertz CT molecular complexity index is 843. The average Bonchev–Trinajstić information content (AvgIpc) is 2.66. The third-order valence-corrected chi connectivity index (χ3v) is 4.25. The maximum atomic E-state index is 12.5. The van der Waals surface area contributed by atoms with Gasteiger partial charge in [-0.25, -0.2) is 4.98 Å². The molecule has 27 heavy (non-hydrogen) atoms. The van der Waals surface area contributed by atoms with Gasteiger partial charge in [0.15, 0.2) is 0 Å². The lowest BCUT2D eigenvalue weighted by atomic mass is 10.1. The van der Waals surface area contributed by atoms with Gasteiger partial charge in [0.2, 0.25) is 5.91 Å². The van der Waals surface area contributed by atoms with Gasteiger partial charge in [-0.2, -0.15) is 0 Å². The van der Waals surface area contributed by atoms with Gasteiger partial charge in [-0.3, -0.25) is 9.59 Å². The summed E-state index contributed by atoms with van der Waals surface area (Å²) < 4.78 is 5.84. The Morgan fingerprint density at radius 2 is 1.93 bits per heavy atom. The standard InChI is InChI=1S/C21H29N3O3/c1-5-9-19(25)22-14-10-11-18(27-12-6-2)16(13-14)20-23-17(8-4)15(7-3)21(26)24-20/h10-11,13H,5-9,12H2,1-4H3,(H,22,25)(H,23,24,26). The van der Waals surface area contributed by atoms with E-state index in [2.05, 4.69) is 15.3 Å². The molecule has 2 N–H and O–H groups in total. The number of hydrogen-bond donors (Lipinski definition) is 2. The predicted molar refractivity (Wildman–Crippen MR) is 108 cm³/mol. The summed E-state index contributed by atoms with van der Waals surface area (Å²) in [4.78, 5) is 32.0. The molecule has 1 heterocycles. The van der Waals surface area contributed by atoms with Gasteiger partial charge >= 0.3 is 0 Å². The molecule has 0 aliphatic heterocycles. The van der Waals surface area contributed by atoms with Crippen LogP contribution < -0.4 is 15.6 Å². The molecule has 0 radical (unpaired) electrons. The number of aromatic nitrogens is 2. The first kappa shape index (κ1) is 20.7. The molecule has 6 nitrogen and oxygen atoms in total. The summed E-state index contributed by atoms with van der Waals surface area (Å²) in [5.41, 5.74) is 2.71. The predicted octanol–water partition coefficient (Wildman–Crippen LogP) is 4.09. The summed E-state index contributed by atoms with van der Waals surface area (Å²) >= 11 is 0. The second-order valence-corrected chi connectivity index (χ2v) is 6.40. The van der Waals surface area contributed by atoms with Gasteiger partial charge in [-0.15, -0.1) is 0 Å². The van der Waals surface area contributed by atoms with Crippen molar-refractivity contribution in [2.24, 2.45) is 0 Å². The highest BCUT2D eigenvalue weighted by Crippen LogP contribution is 2.31. The van der Waals surface area contributed by atoms with Gasteiger partial charge in [0.1, 0.15) is 11.6 Å². The van der Waals surface area contributed by atoms with Crippen LogP contribution in [0.3, 0.4) is 0 Å². The van der Waals surface area contributed by atoms with Crippen LogP contribution in [0.2, 0.25) is 0 Å². The summed E-state index contributed by atoms with van der Waals surface area (Å²) in [6, 6.07) is 5.43. The minimum atomic E-state index is -0.124. The first-order valence-corrected chi connectivity index (χ1v) is 9.73. The number of amides is 1. The molecule has 1 aromatic carbocycles. The number of carbonyl (C=O) groups excluding carboxylic acids is 1. The number of rotatable bonds is 9. The average molecular weight is 371 g/mol. The van der Waals surface area contributed by atoms with Crippen molar-refractivity contribution in [3.05, 3.63) is 39.8 Å². The minimum absolute atomic E-state index is 0.0392. The highest BCUT2D eigenvalue weighted by molar-refractivity contribution is 5.91. The highest BCUT2D eigenvalue weighted by atomic mass is 16.5. The molecular weight excluding hydrogens is 342 g/mol. The Morgan fingerprint density at radius 1 is 1.15 bits per heavy atom. The molecule has 146 valence electrons. The number of benzene rings is 1. The van der Waals surface area contributed by atoms with Crippen molar-refractivity contribution in [2.75, 3.05) is 11.9 Å². The van der Waals surface area contributed by atoms with Crippen molar-refractivity contribution in [2.45, 2.75) is 59.8 Å². The fourth-order valence-electron chi connectivity index (χ4n) is 2.91. The lowest BCUT2D eigenvalue weighted by molar-refractivity contribution is -0.116. The van der Waals surface area contributed by atoms with Crippen LogP contribution in [-0.4, -0.2) is 22.5 Å². The number of nitrogens with zero attached hydrogens (tertiary/aromatic N) is 1. The molecule has 6 heteroatoms. The zero-order chi connectivity index (χ0) is 19.8. The van der Waals surface area contributed by atoms with Crippen molar-refractivity contribution >= 4 is 11.6 Å². The molecule has 0 bridgehead atoms. The number of carbonyl (C=O) groups is 1. The van der Waals surface area contributed by atoms with E-state index in [4.69, 9.17) is 4.74 Å². The zero-order valence-corrected chi connectivity index (χ0v) is 16.6. The maximum Gasteiger partial charge on any atom is 0.254 e. The van der Waals surface area contributed by atoms with Crippen LogP contribution >= 0.6 is 0 Å². The molecule has 0 saturated carbocycles. The summed E-state index contributed by atoms with van der Waals surface area (Å²) in [6.07, 6.45) is 3.43. The molecule has 1 aromatic heterocycles. The quantitative estimate of drug-likeness (QED) is 0.695. The summed E-state index contributed by atoms with van der Waals surface area (Å²) in [7, 11) is 0. The molecule has 0 aliphatic carbocycles. The smallest absolute Gasteiger partial charge is 0.254 e. The Balaban J connectivity index is 2.52. The molecule has 1 amide bonds. The van der Waals surface area contributed by atoms with Crippen LogP contribution in [0.1, 0.15) is 58.2 Å². The SMILES string of the molecule is CCCOc1ccc(NC(=O)CCC)cc1-c1nc(CC)c(CC)c(=O)[nH]1. The van der Waals surface area contributed by atoms with E-state index >= 15 is 0 Å². The molecule has 0 fully saturated rings. The number of ether oxygens (including phenoxy) is 1. The van der Waals surface area contributed by atoms with Crippen LogP contribution in [0, 0.1) is 0 Å². The van der Waals surface area contributed by atoms with Gasteiger partial charge < -0.3 is 15.0 Å². The molecule has 0 spiro atoms. The highest BCUT2D eigenvalue weighted by Gasteiger charge is 2.15. The van der Waals surface area contributed by atoms with Gasteiger partial charge in [0.05, 0.1) is 17.9 Å². The summed E-state index contributed by atoms with van der Waals surface area (Å²) in [5, 5.41) is 2.89. The number of hydrogen-bond acceptors (Lipinski definition) is 4. The summed E-state index contributed by atoms with van der Waals surface area (Å²) in [6.45, 7) is 8.49. The van der Waals surface area contributed by atoms with E-state index in [-0.39, 0.29) is 11.5 Å². The molecule has 0 saturated heterocycles. The monoisotopic (exact) mass is 371 g/mol. The van der Waals surface area contributed by atoms with E-state index in [1.54, 1.807) is 6.07 Å². The van der Waals surface area contributed by atoms with Gasteiger partial charge in [0, 0.05) is 17.7 Å². The summed E-state index contributed by atoms with van der Waals surface area (Å²) in [5.74, 6) is 1.06. The number of anilines is 1. The second kappa shape index (κ2) is 9.90. The largest absolute Gasteiger partial charge is 0.493 e. The van der Waals surface area contributed by atoms with E-state index in [0.717, 1.165) is 18.5 Å². The number of H-pyrrole nitrogens is 1. The van der Waals surface area contributed by atoms with E-state index in [1.165, 1.54) is 0 Å². The number of aryl methyl sites for hydroxylation is 1. The van der Waals surface area contributed by atoms with Gasteiger partial charge in [-0.05, 0) is 43.9 Å². The van der Waals surface area contributed by atoms with Crippen LogP contribution in [-0.2, 0) is 17.6 Å². The van der Waals surface area contributed by atoms with Crippen molar-refractivity contribution in [1.29, 1.82) is 0 Å². The molecule has 2 rings (SSSR count). The van der Waals surface area contributed by atoms with Crippen LogP contribution in [0.5, 0.6) is 5.75 Å². The molecule has 0 atom stereocenters. The number of aromatic amines is 1. The minimum Gasteiger partial charge on any atom is -0.493 e. The Kier molecular flexibility index (Phi) is 7.58. The normalized spacial score (nSPS) is 10.7. The van der Waals surface area contributed by atoms with Crippen LogP contribution in [0.25, 0.3) is 11.4 Å². The maximum absolute atomic E-state index is 12.5. The first-order chi connectivity index (χ1) is 13.0. The van der Waals surface area contributed by atoms with Gasteiger partial charge in [-0.1, -0.05) is 27.7 Å². The van der Waals surface area contributed by atoms with E-state index in [0.29, 0.717) is 54.3 Å². The molecular formula is C21H29N3O3. The Morgan fingerprint density at radius 3 is 2.56 bits per heavy atom. The van der Waals surface area contributed by atoms with E-state index < -0.39 is 0 Å². The van der Waals surface area contributed by atoms with Crippen molar-refractivity contribution < 1.29 is 9.53 Å². The lowest BCUT2D eigenvalue weighted by Gasteiger charge is -2.14. The second-order valence-electron chi connectivity index (χ2n) is 6.40. The molecule has 0 unspecified atom stereocenters. The van der Waals surface area contributed by atoms with Crippen molar-refractivity contribution in [3.63, 3.8) is 0 Å². The van der Waals surface area contributed by atoms with Crippen LogP contribution in [0.4, 0.5) is 5.69 Å². The van der Waals surface area contributed by atoms with E-state index in [9.17, 15) is 9.59 Å². The Hall–Kier alpha value is -2.63. The fraction of sp³-hybridized carbons (Fsp3) is 0.476. The molecule has 0 aliphatic rings. The van der Waals surface area contributed by atoms with Crippen molar-refractivity contribution in [3.8, 4) is 17.1 Å². The number of nitrogens with one attached hydrogen (secondary N) is 2. The Labute approximate surface area is 160 Å². The lowest BCUT2D eigenvalue weighted by Crippen LogP contribution is -2.18. The third-order valence-electron chi connectivity index (χ3n) is 4.25. The van der Waals surface area contributed by atoms with Crippen molar-refractivity contribution in [1.82, 2.24) is 9.97 Å². The topological polar surface area (TPSA) is 84.1 Å². The third kappa shape index (κ3) is 5.18. The zero-order valence-electron chi connectivity index (χ0n) is 16.6. The van der Waals surface area contributed by atoms with Gasteiger partial charge in [0.25, 0.3) is 5.56 Å².